The number of ether oxygens (including phenoxy) is 1. The quantitative estimate of drug-likeness (QED) is 0.804. The summed E-state index contributed by atoms with van der Waals surface area (Å²) >= 11 is 5.87. The summed E-state index contributed by atoms with van der Waals surface area (Å²) in [4.78, 5) is 0. The van der Waals surface area contributed by atoms with Crippen LogP contribution in [-0.2, 0) is 11.3 Å². The third kappa shape index (κ3) is 4.54. The third-order valence-electron chi connectivity index (χ3n) is 2.59. The molecule has 0 aliphatic carbocycles. The van der Waals surface area contributed by atoms with E-state index in [2.05, 4.69) is 5.32 Å². The highest BCUT2D eigenvalue weighted by Gasteiger charge is 1.99. The number of rotatable bonds is 6. The number of anilines is 1. The Labute approximate surface area is 117 Å². The van der Waals surface area contributed by atoms with Gasteiger partial charge in [0.1, 0.15) is 5.82 Å². The number of hydrogen-bond donors (Lipinski definition) is 1. The van der Waals surface area contributed by atoms with Crippen LogP contribution < -0.4 is 5.32 Å². The lowest BCUT2D eigenvalue weighted by Gasteiger charge is -2.08. The lowest BCUT2D eigenvalue weighted by atomic mass is 10.2. The van der Waals surface area contributed by atoms with Gasteiger partial charge in [-0.2, -0.15) is 0 Å². The van der Waals surface area contributed by atoms with Crippen LogP contribution in [0.2, 0.25) is 5.02 Å². The summed E-state index contributed by atoms with van der Waals surface area (Å²) in [5.41, 5.74) is 1.52. The van der Waals surface area contributed by atoms with Crippen LogP contribution in [0.1, 0.15) is 5.56 Å². The average molecular weight is 280 g/mol. The fourth-order valence-electron chi connectivity index (χ4n) is 1.68. The maximum Gasteiger partial charge on any atom is 0.146 e. The number of para-hydroxylation sites is 1. The van der Waals surface area contributed by atoms with Gasteiger partial charge in [0, 0.05) is 11.6 Å². The van der Waals surface area contributed by atoms with Crippen molar-refractivity contribution in [2.24, 2.45) is 0 Å². The normalized spacial score (nSPS) is 10.4. The number of nitrogens with one attached hydrogen (secondary N) is 1. The van der Waals surface area contributed by atoms with Gasteiger partial charge in [-0.3, -0.25) is 0 Å². The van der Waals surface area contributed by atoms with Crippen LogP contribution in [0.15, 0.2) is 48.5 Å². The van der Waals surface area contributed by atoms with Crippen molar-refractivity contribution in [2.75, 3.05) is 18.5 Å². The molecule has 2 aromatic rings. The summed E-state index contributed by atoms with van der Waals surface area (Å²) in [7, 11) is 0. The van der Waals surface area contributed by atoms with Crippen LogP contribution in [-0.4, -0.2) is 13.2 Å². The van der Waals surface area contributed by atoms with Crippen molar-refractivity contribution in [3.05, 3.63) is 64.9 Å². The van der Waals surface area contributed by atoms with Crippen molar-refractivity contribution in [3.63, 3.8) is 0 Å². The molecule has 0 saturated heterocycles. The molecular formula is C15H15ClFNO. The molecule has 0 atom stereocenters. The molecule has 19 heavy (non-hydrogen) atoms. The minimum atomic E-state index is -0.252. The molecule has 2 rings (SSSR count). The van der Waals surface area contributed by atoms with E-state index >= 15 is 0 Å². The van der Waals surface area contributed by atoms with Gasteiger partial charge in [-0.05, 0) is 29.8 Å². The first kappa shape index (κ1) is 13.8. The zero-order valence-corrected chi connectivity index (χ0v) is 11.2. The van der Waals surface area contributed by atoms with E-state index in [0.717, 1.165) is 5.56 Å². The molecule has 0 heterocycles. The van der Waals surface area contributed by atoms with Crippen LogP contribution in [0, 0.1) is 5.82 Å². The first-order chi connectivity index (χ1) is 9.25. The standard InChI is InChI=1S/C15H15ClFNO/c16-13-5-3-4-12(10-13)11-19-9-8-18-15-7-2-1-6-14(15)17/h1-7,10,18H,8-9,11H2. The molecule has 0 spiro atoms. The van der Waals surface area contributed by atoms with E-state index in [4.69, 9.17) is 16.3 Å². The summed E-state index contributed by atoms with van der Waals surface area (Å²) < 4.78 is 18.8. The summed E-state index contributed by atoms with van der Waals surface area (Å²) in [5, 5.41) is 3.68. The van der Waals surface area contributed by atoms with E-state index in [-0.39, 0.29) is 5.82 Å². The van der Waals surface area contributed by atoms with E-state index in [1.165, 1.54) is 6.07 Å². The minimum Gasteiger partial charge on any atom is -0.380 e. The van der Waals surface area contributed by atoms with Crippen LogP contribution >= 0.6 is 11.6 Å². The molecule has 0 saturated carbocycles. The van der Waals surface area contributed by atoms with E-state index in [0.29, 0.717) is 30.5 Å². The van der Waals surface area contributed by atoms with E-state index in [1.54, 1.807) is 18.2 Å². The highest BCUT2D eigenvalue weighted by Crippen LogP contribution is 2.12. The Kier molecular flexibility index (Phi) is 5.19. The fourth-order valence-corrected chi connectivity index (χ4v) is 1.89. The molecule has 4 heteroatoms. The minimum absolute atomic E-state index is 0.252. The Balaban J connectivity index is 1.69. The second-order valence-corrected chi connectivity index (χ2v) is 4.53. The molecule has 0 radical (unpaired) electrons. The zero-order chi connectivity index (χ0) is 13.5. The van der Waals surface area contributed by atoms with E-state index in [9.17, 15) is 4.39 Å². The molecule has 100 valence electrons. The van der Waals surface area contributed by atoms with Crippen LogP contribution in [0.25, 0.3) is 0 Å². The van der Waals surface area contributed by atoms with Gasteiger partial charge in [-0.25, -0.2) is 4.39 Å². The number of hydrogen-bond acceptors (Lipinski definition) is 2. The summed E-state index contributed by atoms with van der Waals surface area (Å²) in [6.45, 7) is 1.56. The Morgan fingerprint density at radius 2 is 1.95 bits per heavy atom. The van der Waals surface area contributed by atoms with Crippen molar-refractivity contribution < 1.29 is 9.13 Å². The molecule has 0 amide bonds. The van der Waals surface area contributed by atoms with Crippen LogP contribution in [0.5, 0.6) is 0 Å². The second kappa shape index (κ2) is 7.12. The predicted molar refractivity (Wildman–Crippen MR) is 76.0 cm³/mol. The third-order valence-corrected chi connectivity index (χ3v) is 2.83. The topological polar surface area (TPSA) is 21.3 Å². The van der Waals surface area contributed by atoms with Crippen molar-refractivity contribution in [2.45, 2.75) is 6.61 Å². The maximum absolute atomic E-state index is 13.3. The van der Waals surface area contributed by atoms with Crippen molar-refractivity contribution in [1.82, 2.24) is 0 Å². The summed E-state index contributed by atoms with van der Waals surface area (Å²) in [6, 6.07) is 14.1. The summed E-state index contributed by atoms with van der Waals surface area (Å²) in [6.07, 6.45) is 0. The van der Waals surface area contributed by atoms with Crippen molar-refractivity contribution in [3.8, 4) is 0 Å². The first-order valence-electron chi connectivity index (χ1n) is 6.06. The molecule has 0 aliphatic heterocycles. The lowest BCUT2D eigenvalue weighted by molar-refractivity contribution is 0.130. The zero-order valence-electron chi connectivity index (χ0n) is 10.4. The molecule has 2 aromatic carbocycles. The molecule has 2 nitrogen and oxygen atoms in total. The first-order valence-corrected chi connectivity index (χ1v) is 6.44. The van der Waals surface area contributed by atoms with Gasteiger partial charge in [0.15, 0.2) is 0 Å². The van der Waals surface area contributed by atoms with E-state index in [1.807, 2.05) is 24.3 Å². The Morgan fingerprint density at radius 1 is 1.11 bits per heavy atom. The summed E-state index contributed by atoms with van der Waals surface area (Å²) in [5.74, 6) is -0.252. The van der Waals surface area contributed by atoms with Gasteiger partial charge >= 0.3 is 0 Å². The average Bonchev–Trinajstić information content (AvgIpc) is 2.40. The van der Waals surface area contributed by atoms with Crippen molar-refractivity contribution in [1.29, 1.82) is 0 Å². The SMILES string of the molecule is Fc1ccccc1NCCOCc1cccc(Cl)c1. The Hall–Kier alpha value is -1.58. The molecule has 0 bridgehead atoms. The highest BCUT2D eigenvalue weighted by molar-refractivity contribution is 6.30. The number of halogens is 2. The van der Waals surface area contributed by atoms with Gasteiger partial charge < -0.3 is 10.1 Å². The Bertz CT molecular complexity index is 533. The molecule has 0 unspecified atom stereocenters. The molecular weight excluding hydrogens is 265 g/mol. The molecule has 0 aromatic heterocycles. The molecule has 0 fully saturated rings. The van der Waals surface area contributed by atoms with E-state index < -0.39 is 0 Å². The lowest BCUT2D eigenvalue weighted by Crippen LogP contribution is -2.10. The van der Waals surface area contributed by atoms with Crippen molar-refractivity contribution >= 4 is 17.3 Å². The maximum atomic E-state index is 13.3. The van der Waals surface area contributed by atoms with Crippen LogP contribution in [0.4, 0.5) is 10.1 Å². The number of benzene rings is 2. The monoisotopic (exact) mass is 279 g/mol. The fraction of sp³-hybridized carbons (Fsp3) is 0.200. The van der Waals surface area contributed by atoms with Gasteiger partial charge in [-0.1, -0.05) is 35.9 Å². The van der Waals surface area contributed by atoms with Crippen LogP contribution in [0.3, 0.4) is 0 Å². The van der Waals surface area contributed by atoms with Gasteiger partial charge in [0.25, 0.3) is 0 Å². The molecule has 0 aliphatic rings. The van der Waals surface area contributed by atoms with Gasteiger partial charge in [-0.15, -0.1) is 0 Å². The highest BCUT2D eigenvalue weighted by atomic mass is 35.5. The van der Waals surface area contributed by atoms with Gasteiger partial charge in [0.05, 0.1) is 18.9 Å². The second-order valence-electron chi connectivity index (χ2n) is 4.09. The molecule has 1 N–H and O–H groups in total. The van der Waals surface area contributed by atoms with Gasteiger partial charge in [0.2, 0.25) is 0 Å². The smallest absolute Gasteiger partial charge is 0.146 e. The largest absolute Gasteiger partial charge is 0.380 e. The Morgan fingerprint density at radius 3 is 2.74 bits per heavy atom. The predicted octanol–water partition coefficient (Wildman–Crippen LogP) is 4.11.